The third-order valence-corrected chi connectivity index (χ3v) is 3.73. The molecule has 0 bridgehead atoms. The van der Waals surface area contributed by atoms with Gasteiger partial charge in [-0.3, -0.25) is 4.79 Å². The van der Waals surface area contributed by atoms with Crippen LogP contribution in [-0.2, 0) is 4.79 Å². The molecule has 0 saturated carbocycles. The van der Waals surface area contributed by atoms with E-state index in [1.165, 1.54) is 0 Å². The molecule has 1 amide bonds. The smallest absolute Gasteiger partial charge is 0.265 e. The summed E-state index contributed by atoms with van der Waals surface area (Å²) < 4.78 is 5.58. The van der Waals surface area contributed by atoms with Gasteiger partial charge in [-0.2, -0.15) is 5.26 Å². The van der Waals surface area contributed by atoms with Gasteiger partial charge in [0.25, 0.3) is 5.91 Å². The standard InChI is InChI=1S/C17H16N2O2S/c1-12(21-15-8-6-13(11-18)7-9-15)17(20)19-14-4-3-5-16(10-14)22-2/h3-10,12H,1-2H3,(H,19,20). The van der Waals surface area contributed by atoms with Crippen LogP contribution in [0.4, 0.5) is 5.69 Å². The molecule has 0 radical (unpaired) electrons. The average Bonchev–Trinajstić information content (AvgIpc) is 2.55. The van der Waals surface area contributed by atoms with Crippen LogP contribution < -0.4 is 10.1 Å². The maximum absolute atomic E-state index is 12.1. The second-order valence-corrected chi connectivity index (χ2v) is 5.50. The van der Waals surface area contributed by atoms with Gasteiger partial charge in [0.1, 0.15) is 5.75 Å². The molecular formula is C17H16N2O2S. The number of carbonyl (C=O) groups is 1. The molecule has 2 rings (SSSR count). The number of thioether (sulfide) groups is 1. The first-order valence-corrected chi connectivity index (χ1v) is 7.96. The SMILES string of the molecule is CSc1cccc(NC(=O)C(C)Oc2ccc(C#N)cc2)c1. The summed E-state index contributed by atoms with van der Waals surface area (Å²) in [7, 11) is 0. The molecule has 1 unspecified atom stereocenters. The Labute approximate surface area is 134 Å². The molecule has 0 aliphatic carbocycles. The number of anilines is 1. The number of hydrogen-bond acceptors (Lipinski definition) is 4. The lowest BCUT2D eigenvalue weighted by molar-refractivity contribution is -0.122. The van der Waals surface area contributed by atoms with Crippen LogP contribution in [0.15, 0.2) is 53.4 Å². The maximum atomic E-state index is 12.1. The predicted molar refractivity (Wildman–Crippen MR) is 88.1 cm³/mol. The molecule has 0 heterocycles. The van der Waals surface area contributed by atoms with Crippen LogP contribution in [0, 0.1) is 11.3 Å². The van der Waals surface area contributed by atoms with Crippen molar-refractivity contribution < 1.29 is 9.53 Å². The molecule has 5 heteroatoms. The number of nitriles is 1. The Morgan fingerprint density at radius 1 is 1.27 bits per heavy atom. The highest BCUT2D eigenvalue weighted by Gasteiger charge is 2.15. The summed E-state index contributed by atoms with van der Waals surface area (Å²) in [6.07, 6.45) is 1.35. The van der Waals surface area contributed by atoms with Gasteiger partial charge in [-0.25, -0.2) is 0 Å². The molecule has 0 saturated heterocycles. The van der Waals surface area contributed by atoms with E-state index in [4.69, 9.17) is 10.00 Å². The number of ether oxygens (including phenoxy) is 1. The van der Waals surface area contributed by atoms with Gasteiger partial charge < -0.3 is 10.1 Å². The number of rotatable bonds is 5. The third-order valence-electron chi connectivity index (χ3n) is 3.00. The molecular weight excluding hydrogens is 296 g/mol. The first-order valence-electron chi connectivity index (χ1n) is 6.74. The molecule has 0 fully saturated rings. The molecule has 4 nitrogen and oxygen atoms in total. The molecule has 0 spiro atoms. The molecule has 22 heavy (non-hydrogen) atoms. The normalized spacial score (nSPS) is 11.3. The minimum atomic E-state index is -0.633. The highest BCUT2D eigenvalue weighted by molar-refractivity contribution is 7.98. The van der Waals surface area contributed by atoms with Gasteiger partial charge >= 0.3 is 0 Å². The molecule has 0 aliphatic heterocycles. The number of hydrogen-bond donors (Lipinski definition) is 1. The molecule has 0 aliphatic rings. The summed E-state index contributed by atoms with van der Waals surface area (Å²) in [5.74, 6) is 0.335. The minimum Gasteiger partial charge on any atom is -0.481 e. The lowest BCUT2D eigenvalue weighted by Gasteiger charge is -2.15. The number of benzene rings is 2. The van der Waals surface area contributed by atoms with E-state index in [-0.39, 0.29) is 5.91 Å². The van der Waals surface area contributed by atoms with Gasteiger partial charge in [-0.05, 0) is 55.6 Å². The monoisotopic (exact) mass is 312 g/mol. The topological polar surface area (TPSA) is 62.1 Å². The van der Waals surface area contributed by atoms with Gasteiger partial charge in [-0.1, -0.05) is 6.07 Å². The predicted octanol–water partition coefficient (Wildman–Crippen LogP) is 3.69. The van der Waals surface area contributed by atoms with E-state index in [9.17, 15) is 4.79 Å². The average molecular weight is 312 g/mol. The fourth-order valence-corrected chi connectivity index (χ4v) is 2.27. The van der Waals surface area contributed by atoms with Crippen LogP contribution in [0.1, 0.15) is 12.5 Å². The number of nitrogens with one attached hydrogen (secondary N) is 1. The highest BCUT2D eigenvalue weighted by atomic mass is 32.2. The van der Waals surface area contributed by atoms with Crippen LogP contribution >= 0.6 is 11.8 Å². The fourth-order valence-electron chi connectivity index (χ4n) is 1.81. The van der Waals surface area contributed by atoms with Gasteiger partial charge in [0.15, 0.2) is 6.10 Å². The van der Waals surface area contributed by atoms with E-state index in [0.29, 0.717) is 11.3 Å². The van der Waals surface area contributed by atoms with Crippen LogP contribution in [0.25, 0.3) is 0 Å². The summed E-state index contributed by atoms with van der Waals surface area (Å²) in [6.45, 7) is 1.69. The van der Waals surface area contributed by atoms with Gasteiger partial charge in [0.2, 0.25) is 0 Å². The third kappa shape index (κ3) is 4.27. The summed E-state index contributed by atoms with van der Waals surface area (Å²) >= 11 is 1.62. The van der Waals surface area contributed by atoms with Crippen LogP contribution in [0.5, 0.6) is 5.75 Å². The molecule has 2 aromatic rings. The van der Waals surface area contributed by atoms with Crippen molar-refractivity contribution in [2.75, 3.05) is 11.6 Å². The zero-order chi connectivity index (χ0) is 15.9. The van der Waals surface area contributed by atoms with E-state index in [0.717, 1.165) is 10.6 Å². The Hall–Kier alpha value is -2.45. The van der Waals surface area contributed by atoms with Gasteiger partial charge in [0, 0.05) is 10.6 Å². The van der Waals surface area contributed by atoms with Crippen LogP contribution in [0.2, 0.25) is 0 Å². The van der Waals surface area contributed by atoms with Crippen molar-refractivity contribution in [1.29, 1.82) is 5.26 Å². The molecule has 0 aromatic heterocycles. The van der Waals surface area contributed by atoms with Crippen molar-refractivity contribution in [2.45, 2.75) is 17.9 Å². The van der Waals surface area contributed by atoms with Crippen molar-refractivity contribution in [3.63, 3.8) is 0 Å². The zero-order valence-electron chi connectivity index (χ0n) is 12.4. The Bertz CT molecular complexity index is 693. The van der Waals surface area contributed by atoms with Gasteiger partial charge in [-0.15, -0.1) is 11.8 Å². The lowest BCUT2D eigenvalue weighted by atomic mass is 10.2. The Morgan fingerprint density at radius 3 is 2.64 bits per heavy atom. The molecule has 1 N–H and O–H groups in total. The van der Waals surface area contributed by atoms with E-state index in [1.54, 1.807) is 43.0 Å². The lowest BCUT2D eigenvalue weighted by Crippen LogP contribution is -2.30. The van der Waals surface area contributed by atoms with Crippen molar-refractivity contribution in [1.82, 2.24) is 0 Å². The zero-order valence-corrected chi connectivity index (χ0v) is 13.2. The Kier molecular flexibility index (Phi) is 5.45. The van der Waals surface area contributed by atoms with Crippen LogP contribution in [-0.4, -0.2) is 18.3 Å². The Morgan fingerprint density at radius 2 is 2.00 bits per heavy atom. The highest BCUT2D eigenvalue weighted by Crippen LogP contribution is 2.19. The van der Waals surface area contributed by atoms with Crippen molar-refractivity contribution in [3.05, 3.63) is 54.1 Å². The summed E-state index contributed by atoms with van der Waals surface area (Å²) in [4.78, 5) is 13.2. The first kappa shape index (κ1) is 15.9. The summed E-state index contributed by atoms with van der Waals surface area (Å²) in [6, 6.07) is 16.3. The summed E-state index contributed by atoms with van der Waals surface area (Å²) in [5.41, 5.74) is 1.30. The van der Waals surface area contributed by atoms with Gasteiger partial charge in [0.05, 0.1) is 11.6 Å². The minimum absolute atomic E-state index is 0.220. The first-order chi connectivity index (χ1) is 10.6. The van der Waals surface area contributed by atoms with E-state index in [2.05, 4.69) is 5.32 Å². The maximum Gasteiger partial charge on any atom is 0.265 e. The quantitative estimate of drug-likeness (QED) is 0.855. The number of nitrogens with zero attached hydrogens (tertiary/aromatic N) is 1. The Balaban J connectivity index is 1.97. The number of carbonyl (C=O) groups excluding carboxylic acids is 1. The molecule has 1 atom stereocenters. The van der Waals surface area contributed by atoms with Crippen molar-refractivity contribution in [3.8, 4) is 11.8 Å². The fraction of sp³-hybridized carbons (Fsp3) is 0.176. The molecule has 112 valence electrons. The second kappa shape index (κ2) is 7.53. The van der Waals surface area contributed by atoms with Crippen LogP contribution in [0.3, 0.4) is 0 Å². The summed E-state index contributed by atoms with van der Waals surface area (Å²) in [5, 5.41) is 11.6. The van der Waals surface area contributed by atoms with Crippen molar-refractivity contribution in [2.24, 2.45) is 0 Å². The second-order valence-electron chi connectivity index (χ2n) is 4.62. The largest absolute Gasteiger partial charge is 0.481 e. The number of amides is 1. The van der Waals surface area contributed by atoms with E-state index < -0.39 is 6.10 Å². The molecule has 2 aromatic carbocycles. The van der Waals surface area contributed by atoms with Crippen molar-refractivity contribution >= 4 is 23.4 Å². The van der Waals surface area contributed by atoms with E-state index >= 15 is 0 Å². The van der Waals surface area contributed by atoms with E-state index in [1.807, 2.05) is 36.6 Å².